The van der Waals surface area contributed by atoms with Crippen LogP contribution in [-0.2, 0) is 17.6 Å². The molecular formula is C14H15FN2O. The Morgan fingerprint density at radius 3 is 2.78 bits per heavy atom. The van der Waals surface area contributed by atoms with Crippen LogP contribution >= 0.6 is 0 Å². The summed E-state index contributed by atoms with van der Waals surface area (Å²) in [6.45, 7) is 0.445. The fourth-order valence-electron chi connectivity index (χ4n) is 1.75. The number of hydrogen-bond donors (Lipinski definition) is 2. The Kier molecular flexibility index (Phi) is 4.12. The van der Waals surface area contributed by atoms with E-state index in [0.717, 1.165) is 5.69 Å². The molecule has 3 nitrogen and oxygen atoms in total. The molecule has 0 radical (unpaired) electrons. The number of hydrogen-bond acceptors (Lipinski definition) is 1. The predicted molar refractivity (Wildman–Crippen MR) is 67.6 cm³/mol. The summed E-state index contributed by atoms with van der Waals surface area (Å²) in [6, 6.07) is 10.3. The minimum atomic E-state index is -0.226. The molecule has 94 valence electrons. The number of carbonyl (C=O) groups excluding carboxylic acids is 1. The van der Waals surface area contributed by atoms with Crippen molar-refractivity contribution in [2.75, 3.05) is 6.54 Å². The van der Waals surface area contributed by atoms with Crippen LogP contribution in [0.25, 0.3) is 0 Å². The smallest absolute Gasteiger partial charge is 0.225 e. The van der Waals surface area contributed by atoms with Gasteiger partial charge in [0.1, 0.15) is 5.82 Å². The monoisotopic (exact) mass is 246 g/mol. The lowest BCUT2D eigenvalue weighted by Crippen LogP contribution is -2.27. The number of aromatic nitrogens is 1. The molecule has 1 aromatic heterocycles. The van der Waals surface area contributed by atoms with Crippen LogP contribution in [0.5, 0.6) is 0 Å². The summed E-state index contributed by atoms with van der Waals surface area (Å²) in [5, 5.41) is 2.77. The molecule has 0 aliphatic carbocycles. The van der Waals surface area contributed by atoms with E-state index in [2.05, 4.69) is 10.3 Å². The topological polar surface area (TPSA) is 44.9 Å². The summed E-state index contributed by atoms with van der Waals surface area (Å²) in [5.74, 6) is -0.287. The molecule has 0 unspecified atom stereocenters. The Labute approximate surface area is 105 Å². The minimum absolute atomic E-state index is 0.0613. The Balaban J connectivity index is 1.75. The van der Waals surface area contributed by atoms with Crippen molar-refractivity contribution in [1.29, 1.82) is 0 Å². The van der Waals surface area contributed by atoms with Crippen LogP contribution < -0.4 is 5.32 Å². The maximum absolute atomic E-state index is 13.3. The molecule has 0 saturated carbocycles. The molecule has 0 aliphatic rings. The summed E-state index contributed by atoms with van der Waals surface area (Å²) in [6.07, 6.45) is 2.61. The molecule has 4 heteroatoms. The van der Waals surface area contributed by atoms with E-state index in [1.807, 2.05) is 12.1 Å². The molecule has 1 aromatic carbocycles. The summed E-state index contributed by atoms with van der Waals surface area (Å²) < 4.78 is 13.3. The normalized spacial score (nSPS) is 10.3. The first-order chi connectivity index (χ1) is 8.75. The Morgan fingerprint density at radius 1 is 1.22 bits per heavy atom. The van der Waals surface area contributed by atoms with Crippen LogP contribution in [0.3, 0.4) is 0 Å². The van der Waals surface area contributed by atoms with Crippen molar-refractivity contribution in [3.05, 3.63) is 59.7 Å². The van der Waals surface area contributed by atoms with Crippen LogP contribution in [0.4, 0.5) is 4.39 Å². The third kappa shape index (κ3) is 3.45. The van der Waals surface area contributed by atoms with Gasteiger partial charge in [-0.15, -0.1) is 0 Å². The van der Waals surface area contributed by atoms with Crippen molar-refractivity contribution in [3.8, 4) is 0 Å². The van der Waals surface area contributed by atoms with Crippen LogP contribution in [0, 0.1) is 5.82 Å². The van der Waals surface area contributed by atoms with Gasteiger partial charge in [0.15, 0.2) is 0 Å². The van der Waals surface area contributed by atoms with Crippen molar-refractivity contribution >= 4 is 5.91 Å². The minimum Gasteiger partial charge on any atom is -0.365 e. The second-order valence-corrected chi connectivity index (χ2v) is 4.06. The van der Waals surface area contributed by atoms with Crippen molar-refractivity contribution in [2.24, 2.45) is 0 Å². The van der Waals surface area contributed by atoms with Crippen LogP contribution in [0.2, 0.25) is 0 Å². The number of benzene rings is 1. The van der Waals surface area contributed by atoms with Gasteiger partial charge in [0.05, 0.1) is 6.42 Å². The van der Waals surface area contributed by atoms with Crippen LogP contribution in [0.1, 0.15) is 11.3 Å². The Hall–Kier alpha value is -2.10. The van der Waals surface area contributed by atoms with E-state index in [0.29, 0.717) is 24.9 Å². The summed E-state index contributed by atoms with van der Waals surface area (Å²) in [5.41, 5.74) is 1.50. The molecule has 0 saturated heterocycles. The van der Waals surface area contributed by atoms with E-state index in [1.54, 1.807) is 24.4 Å². The van der Waals surface area contributed by atoms with E-state index in [4.69, 9.17) is 0 Å². The molecule has 0 spiro atoms. The van der Waals surface area contributed by atoms with Crippen molar-refractivity contribution in [2.45, 2.75) is 12.8 Å². The molecule has 1 heterocycles. The first-order valence-corrected chi connectivity index (χ1v) is 5.88. The van der Waals surface area contributed by atoms with Gasteiger partial charge >= 0.3 is 0 Å². The number of amides is 1. The van der Waals surface area contributed by atoms with Gasteiger partial charge in [0, 0.05) is 18.4 Å². The highest BCUT2D eigenvalue weighted by Crippen LogP contribution is 2.06. The number of rotatable bonds is 5. The summed E-state index contributed by atoms with van der Waals surface area (Å²) in [7, 11) is 0. The summed E-state index contributed by atoms with van der Waals surface area (Å²) in [4.78, 5) is 14.5. The number of aromatic amines is 1. The predicted octanol–water partition coefficient (Wildman–Crippen LogP) is 2.06. The largest absolute Gasteiger partial charge is 0.365 e. The first-order valence-electron chi connectivity index (χ1n) is 5.88. The van der Waals surface area contributed by atoms with Gasteiger partial charge in [0.2, 0.25) is 5.91 Å². The van der Waals surface area contributed by atoms with Crippen LogP contribution in [-0.4, -0.2) is 17.4 Å². The zero-order valence-corrected chi connectivity index (χ0v) is 9.95. The highest BCUT2D eigenvalue weighted by atomic mass is 19.1. The fourth-order valence-corrected chi connectivity index (χ4v) is 1.75. The summed E-state index contributed by atoms with van der Waals surface area (Å²) >= 11 is 0. The first kappa shape index (κ1) is 12.4. The van der Waals surface area contributed by atoms with Gasteiger partial charge in [-0.1, -0.05) is 18.2 Å². The molecule has 2 aromatic rings. The lowest BCUT2D eigenvalue weighted by atomic mass is 10.1. The molecule has 2 N–H and O–H groups in total. The Morgan fingerprint density at radius 2 is 2.06 bits per heavy atom. The number of H-pyrrole nitrogens is 1. The number of carbonyl (C=O) groups is 1. The van der Waals surface area contributed by atoms with E-state index >= 15 is 0 Å². The molecule has 1 amide bonds. The average Bonchev–Trinajstić information content (AvgIpc) is 2.84. The van der Waals surface area contributed by atoms with E-state index in [1.165, 1.54) is 6.07 Å². The van der Waals surface area contributed by atoms with Gasteiger partial charge in [-0.3, -0.25) is 4.79 Å². The second-order valence-electron chi connectivity index (χ2n) is 4.06. The standard InChI is InChI=1S/C14H15FN2O/c15-13-6-2-1-4-11(13)7-9-17-14(18)10-12-5-3-8-16-12/h1-6,8,16H,7,9-10H2,(H,17,18). The highest BCUT2D eigenvalue weighted by Gasteiger charge is 2.04. The molecule has 0 bridgehead atoms. The maximum atomic E-state index is 13.3. The van der Waals surface area contributed by atoms with Gasteiger partial charge < -0.3 is 10.3 Å². The van der Waals surface area contributed by atoms with Crippen LogP contribution in [0.15, 0.2) is 42.6 Å². The van der Waals surface area contributed by atoms with Gasteiger partial charge in [-0.25, -0.2) is 4.39 Å². The second kappa shape index (κ2) is 6.00. The highest BCUT2D eigenvalue weighted by molar-refractivity contribution is 5.78. The molecule has 2 rings (SSSR count). The number of halogens is 1. The van der Waals surface area contributed by atoms with E-state index in [-0.39, 0.29) is 11.7 Å². The van der Waals surface area contributed by atoms with Crippen molar-refractivity contribution in [1.82, 2.24) is 10.3 Å². The fraction of sp³-hybridized carbons (Fsp3) is 0.214. The zero-order valence-electron chi connectivity index (χ0n) is 9.95. The van der Waals surface area contributed by atoms with Crippen molar-refractivity contribution in [3.63, 3.8) is 0 Å². The number of nitrogens with one attached hydrogen (secondary N) is 2. The maximum Gasteiger partial charge on any atom is 0.225 e. The van der Waals surface area contributed by atoms with Gasteiger partial charge in [-0.2, -0.15) is 0 Å². The third-order valence-electron chi connectivity index (χ3n) is 2.69. The van der Waals surface area contributed by atoms with Gasteiger partial charge in [-0.05, 0) is 30.2 Å². The molecule has 0 aliphatic heterocycles. The third-order valence-corrected chi connectivity index (χ3v) is 2.69. The Bertz CT molecular complexity index is 508. The molecule has 0 atom stereocenters. The molecule has 18 heavy (non-hydrogen) atoms. The average molecular weight is 246 g/mol. The van der Waals surface area contributed by atoms with E-state index in [9.17, 15) is 9.18 Å². The molecular weight excluding hydrogens is 231 g/mol. The lowest BCUT2D eigenvalue weighted by Gasteiger charge is -2.05. The lowest BCUT2D eigenvalue weighted by molar-refractivity contribution is -0.120. The SMILES string of the molecule is O=C(Cc1ccc[nH]1)NCCc1ccccc1F. The molecule has 0 fully saturated rings. The van der Waals surface area contributed by atoms with Crippen molar-refractivity contribution < 1.29 is 9.18 Å². The quantitative estimate of drug-likeness (QED) is 0.833. The van der Waals surface area contributed by atoms with E-state index < -0.39 is 0 Å². The zero-order chi connectivity index (χ0) is 12.8. The van der Waals surface area contributed by atoms with Gasteiger partial charge in [0.25, 0.3) is 0 Å².